The maximum atomic E-state index is 13.3. The van der Waals surface area contributed by atoms with E-state index in [2.05, 4.69) is 21.2 Å². The van der Waals surface area contributed by atoms with Crippen LogP contribution in [0.3, 0.4) is 0 Å². The van der Waals surface area contributed by atoms with Crippen LogP contribution in [-0.4, -0.2) is 34.3 Å². The number of nitro benzene ring substituents is 2. The second-order valence-electron chi connectivity index (χ2n) is 8.42. The van der Waals surface area contributed by atoms with Crippen LogP contribution in [0.5, 0.6) is 17.2 Å². The van der Waals surface area contributed by atoms with Gasteiger partial charge in [0.15, 0.2) is 11.5 Å². The molecular formula is C26H18BrClN4O9. The van der Waals surface area contributed by atoms with E-state index >= 15 is 0 Å². The Kier molecular flexibility index (Phi) is 8.35. The number of anilines is 1. The van der Waals surface area contributed by atoms with Crippen molar-refractivity contribution in [1.82, 2.24) is 5.32 Å². The van der Waals surface area contributed by atoms with Crippen molar-refractivity contribution in [2.24, 2.45) is 0 Å². The smallest absolute Gasteiger partial charge is 0.335 e. The molecule has 0 aliphatic carbocycles. The first-order valence-corrected chi connectivity index (χ1v) is 12.8. The number of carbonyl (C=O) groups is 3. The first-order chi connectivity index (χ1) is 19.4. The molecule has 15 heteroatoms. The number of benzene rings is 3. The van der Waals surface area contributed by atoms with Gasteiger partial charge in [0.2, 0.25) is 5.75 Å². The van der Waals surface area contributed by atoms with Crippen molar-refractivity contribution >= 4 is 68.5 Å². The lowest BCUT2D eigenvalue weighted by Crippen LogP contribution is -2.54. The van der Waals surface area contributed by atoms with E-state index in [1.54, 1.807) is 26.0 Å². The molecule has 0 saturated carbocycles. The average Bonchev–Trinajstić information content (AvgIpc) is 2.90. The molecule has 0 bridgehead atoms. The molecule has 0 aromatic heterocycles. The van der Waals surface area contributed by atoms with Crippen LogP contribution in [0.1, 0.15) is 18.1 Å². The zero-order chi connectivity index (χ0) is 30.0. The summed E-state index contributed by atoms with van der Waals surface area (Å²) in [5.41, 5.74) is -0.464. The number of nitrogens with zero attached hydrogens (tertiary/aromatic N) is 3. The number of ether oxygens (including phenoxy) is 2. The van der Waals surface area contributed by atoms with Crippen LogP contribution < -0.4 is 19.7 Å². The molecule has 1 saturated heterocycles. The Morgan fingerprint density at radius 3 is 2.41 bits per heavy atom. The van der Waals surface area contributed by atoms with Gasteiger partial charge in [0.1, 0.15) is 5.57 Å². The van der Waals surface area contributed by atoms with Gasteiger partial charge in [0.25, 0.3) is 17.5 Å². The second kappa shape index (κ2) is 11.7. The third-order valence-corrected chi connectivity index (χ3v) is 6.54. The number of barbiturate groups is 1. The number of amides is 4. The number of halogens is 2. The number of urea groups is 1. The van der Waals surface area contributed by atoms with Crippen molar-refractivity contribution in [3.63, 3.8) is 0 Å². The van der Waals surface area contributed by atoms with Gasteiger partial charge >= 0.3 is 11.7 Å². The van der Waals surface area contributed by atoms with E-state index in [1.807, 2.05) is 0 Å². The molecule has 1 N–H and O–H groups in total. The Bertz CT molecular complexity index is 1670. The van der Waals surface area contributed by atoms with Crippen molar-refractivity contribution in [1.29, 1.82) is 0 Å². The molecular weight excluding hydrogens is 628 g/mol. The minimum atomic E-state index is -0.938. The van der Waals surface area contributed by atoms with Crippen LogP contribution in [0.4, 0.5) is 21.9 Å². The fraction of sp³-hybridized carbons (Fsp3) is 0.115. The van der Waals surface area contributed by atoms with E-state index < -0.39 is 39.1 Å². The average molecular weight is 646 g/mol. The number of carbonyl (C=O) groups excluding carboxylic acids is 3. The largest absolute Gasteiger partial charge is 0.490 e. The molecule has 3 aromatic rings. The highest BCUT2D eigenvalue weighted by Crippen LogP contribution is 2.43. The van der Waals surface area contributed by atoms with Crippen LogP contribution in [0.15, 0.2) is 58.6 Å². The Morgan fingerprint density at radius 2 is 1.76 bits per heavy atom. The van der Waals surface area contributed by atoms with Crippen molar-refractivity contribution in [3.8, 4) is 17.2 Å². The minimum Gasteiger partial charge on any atom is -0.490 e. The summed E-state index contributed by atoms with van der Waals surface area (Å²) in [6, 6.07) is 9.48. The number of hydrogen-bond donors (Lipinski definition) is 1. The Labute approximate surface area is 244 Å². The number of nitrogens with one attached hydrogen (secondary N) is 1. The van der Waals surface area contributed by atoms with E-state index in [4.69, 9.17) is 21.1 Å². The van der Waals surface area contributed by atoms with E-state index in [1.165, 1.54) is 24.3 Å². The SMILES string of the molecule is CCOc1cc(/C=C2\C(=O)NC(=O)N(c3cc(Cl)ccc3C)C2=O)cc(Br)c1Oc1ccc([N+](=O)[O-])cc1[N+](=O)[O-]. The van der Waals surface area contributed by atoms with Gasteiger partial charge in [-0.2, -0.15) is 0 Å². The third-order valence-electron chi connectivity index (χ3n) is 5.72. The maximum absolute atomic E-state index is 13.3. The summed E-state index contributed by atoms with van der Waals surface area (Å²) >= 11 is 9.38. The predicted molar refractivity (Wildman–Crippen MR) is 150 cm³/mol. The van der Waals surface area contributed by atoms with E-state index in [0.717, 1.165) is 23.1 Å². The summed E-state index contributed by atoms with van der Waals surface area (Å²) < 4.78 is 11.6. The van der Waals surface area contributed by atoms with E-state index in [0.29, 0.717) is 5.56 Å². The molecule has 210 valence electrons. The van der Waals surface area contributed by atoms with Gasteiger partial charge < -0.3 is 9.47 Å². The van der Waals surface area contributed by atoms with Crippen molar-refractivity contribution in [2.75, 3.05) is 11.5 Å². The fourth-order valence-electron chi connectivity index (χ4n) is 3.86. The molecule has 41 heavy (non-hydrogen) atoms. The molecule has 0 radical (unpaired) electrons. The topological polar surface area (TPSA) is 171 Å². The highest BCUT2D eigenvalue weighted by molar-refractivity contribution is 9.10. The summed E-state index contributed by atoms with van der Waals surface area (Å²) in [6.45, 7) is 3.48. The number of imide groups is 2. The van der Waals surface area contributed by atoms with Crippen molar-refractivity contribution < 1.29 is 33.7 Å². The van der Waals surface area contributed by atoms with Gasteiger partial charge in [-0.1, -0.05) is 17.7 Å². The molecule has 13 nitrogen and oxygen atoms in total. The monoisotopic (exact) mass is 644 g/mol. The van der Waals surface area contributed by atoms with Gasteiger partial charge in [-0.05, 0) is 77.3 Å². The maximum Gasteiger partial charge on any atom is 0.335 e. The van der Waals surface area contributed by atoms with Gasteiger partial charge in [0, 0.05) is 11.1 Å². The Hall–Kier alpha value is -4.82. The first-order valence-electron chi connectivity index (χ1n) is 11.7. The molecule has 1 aliphatic rings. The van der Waals surface area contributed by atoms with Crippen LogP contribution in [0, 0.1) is 27.2 Å². The number of non-ortho nitro benzene ring substituents is 1. The molecule has 1 aliphatic heterocycles. The number of hydrogen-bond acceptors (Lipinski definition) is 9. The highest BCUT2D eigenvalue weighted by Gasteiger charge is 2.37. The van der Waals surface area contributed by atoms with Crippen molar-refractivity contribution in [2.45, 2.75) is 13.8 Å². The molecule has 0 unspecified atom stereocenters. The second-order valence-corrected chi connectivity index (χ2v) is 9.71. The zero-order valence-electron chi connectivity index (χ0n) is 21.2. The van der Waals surface area contributed by atoms with E-state index in [-0.39, 0.29) is 50.2 Å². The van der Waals surface area contributed by atoms with E-state index in [9.17, 15) is 34.6 Å². The molecule has 1 fully saturated rings. The summed E-state index contributed by atoms with van der Waals surface area (Å²) in [7, 11) is 0. The lowest BCUT2D eigenvalue weighted by molar-refractivity contribution is -0.394. The van der Waals surface area contributed by atoms with Crippen LogP contribution in [0.2, 0.25) is 5.02 Å². The Morgan fingerprint density at radius 1 is 1.02 bits per heavy atom. The van der Waals surface area contributed by atoms with Gasteiger partial charge in [0.05, 0.1) is 32.7 Å². The summed E-state index contributed by atoms with van der Waals surface area (Å²) in [5.74, 6) is -2.03. The van der Waals surface area contributed by atoms with Crippen LogP contribution in [0.25, 0.3) is 6.08 Å². The number of aryl methyl sites for hydroxylation is 1. The highest BCUT2D eigenvalue weighted by atomic mass is 79.9. The molecule has 0 spiro atoms. The van der Waals surface area contributed by atoms with Gasteiger partial charge in [-0.3, -0.25) is 35.1 Å². The normalized spacial score (nSPS) is 14.2. The molecule has 4 amide bonds. The molecule has 3 aromatic carbocycles. The number of rotatable bonds is 8. The Balaban J connectivity index is 1.76. The summed E-state index contributed by atoms with van der Waals surface area (Å²) in [4.78, 5) is 60.5. The first kappa shape index (κ1) is 29.2. The zero-order valence-corrected chi connectivity index (χ0v) is 23.5. The van der Waals surface area contributed by atoms with Gasteiger partial charge in [-0.25, -0.2) is 9.69 Å². The van der Waals surface area contributed by atoms with Gasteiger partial charge in [-0.15, -0.1) is 0 Å². The lowest BCUT2D eigenvalue weighted by atomic mass is 10.1. The molecule has 4 rings (SSSR count). The number of nitro groups is 2. The molecule has 0 atom stereocenters. The predicted octanol–water partition coefficient (Wildman–Crippen LogP) is 6.08. The van der Waals surface area contributed by atoms with Crippen molar-refractivity contribution in [3.05, 3.63) is 95.0 Å². The minimum absolute atomic E-state index is 0.00303. The van der Waals surface area contributed by atoms with Crippen LogP contribution in [-0.2, 0) is 9.59 Å². The third kappa shape index (κ3) is 6.02. The van der Waals surface area contributed by atoms with Crippen LogP contribution >= 0.6 is 27.5 Å². The lowest BCUT2D eigenvalue weighted by Gasteiger charge is -2.27. The standard InChI is InChI=1S/C26H18BrClN4O9/c1-3-40-22-10-14(9-18(27)23(22)41-21-7-6-16(31(36)37)12-20(21)32(38)39)8-17-24(33)29-26(35)30(25(17)34)19-11-15(28)5-4-13(19)2/h4-12H,3H2,1-2H3,(H,29,33,35)/b17-8+. The summed E-state index contributed by atoms with van der Waals surface area (Å²) in [5, 5.41) is 25.0. The summed E-state index contributed by atoms with van der Waals surface area (Å²) in [6.07, 6.45) is 1.24. The quantitative estimate of drug-likeness (QED) is 0.132. The fourth-order valence-corrected chi connectivity index (χ4v) is 4.56. The molecule has 1 heterocycles.